The smallest absolute Gasteiger partial charge is 0.304 e. The lowest BCUT2D eigenvalue weighted by atomic mass is 10.3. The van der Waals surface area contributed by atoms with E-state index in [-0.39, 0.29) is 18.2 Å². The number of nitrogens with one attached hydrogen (secondary N) is 1. The van der Waals surface area contributed by atoms with Crippen molar-refractivity contribution in [2.45, 2.75) is 12.5 Å². The summed E-state index contributed by atoms with van der Waals surface area (Å²) in [5.41, 5.74) is 0. The van der Waals surface area contributed by atoms with E-state index < -0.39 is 16.0 Å². The van der Waals surface area contributed by atoms with Crippen LogP contribution in [0, 0.1) is 0 Å². The summed E-state index contributed by atoms with van der Waals surface area (Å²) in [5.74, 6) is -1.49. The maximum Gasteiger partial charge on any atom is 0.304 e. The first-order valence-corrected chi connectivity index (χ1v) is 5.44. The summed E-state index contributed by atoms with van der Waals surface area (Å²) in [5, 5.41) is 8.27. The quantitative estimate of drug-likeness (QED) is 0.592. The van der Waals surface area contributed by atoms with Crippen molar-refractivity contribution in [1.29, 1.82) is 0 Å². The van der Waals surface area contributed by atoms with Crippen molar-refractivity contribution in [2.75, 3.05) is 19.0 Å². The van der Waals surface area contributed by atoms with Gasteiger partial charge in [-0.25, -0.2) is 13.1 Å². The maximum atomic E-state index is 11.1. The zero-order valence-corrected chi connectivity index (χ0v) is 7.71. The van der Waals surface area contributed by atoms with Crippen LogP contribution in [0.5, 0.6) is 0 Å². The molecule has 0 aromatic heterocycles. The van der Waals surface area contributed by atoms with Gasteiger partial charge in [0.2, 0.25) is 10.0 Å². The molecular weight excluding hydrogens is 198 g/mol. The molecule has 1 fully saturated rings. The number of carbonyl (C=O) groups is 1. The largest absolute Gasteiger partial charge is 0.481 e. The van der Waals surface area contributed by atoms with Gasteiger partial charge in [-0.15, -0.1) is 0 Å². The highest BCUT2D eigenvalue weighted by Gasteiger charge is 2.24. The first kappa shape index (κ1) is 10.4. The number of sulfonamides is 1. The second kappa shape index (κ2) is 4.03. The zero-order chi connectivity index (χ0) is 9.90. The Labute approximate surface area is 75.9 Å². The Hall–Kier alpha value is -0.660. The standard InChI is InChI=1S/C6H11NO5S/c8-6(9)1-2-13(10,11)7-5-3-12-4-5/h5,7H,1-4H2,(H,8,9). The highest BCUT2D eigenvalue weighted by Crippen LogP contribution is 2.02. The Balaban J connectivity index is 2.32. The lowest BCUT2D eigenvalue weighted by Crippen LogP contribution is -2.49. The van der Waals surface area contributed by atoms with Gasteiger partial charge in [-0.05, 0) is 0 Å². The molecular formula is C6H11NO5S. The Kier molecular flexibility index (Phi) is 3.23. The molecule has 1 aliphatic heterocycles. The normalized spacial score (nSPS) is 18.2. The van der Waals surface area contributed by atoms with Crippen LogP contribution in [0.1, 0.15) is 6.42 Å². The molecule has 0 aromatic carbocycles. The molecule has 0 aromatic rings. The number of ether oxygens (including phenoxy) is 1. The summed E-state index contributed by atoms with van der Waals surface area (Å²) in [6.45, 7) is 0.735. The highest BCUT2D eigenvalue weighted by molar-refractivity contribution is 7.89. The average molecular weight is 209 g/mol. The van der Waals surface area contributed by atoms with Crippen molar-refractivity contribution < 1.29 is 23.1 Å². The van der Waals surface area contributed by atoms with Crippen LogP contribution < -0.4 is 4.72 Å². The van der Waals surface area contributed by atoms with Crippen molar-refractivity contribution in [2.24, 2.45) is 0 Å². The van der Waals surface area contributed by atoms with Crippen molar-refractivity contribution in [1.82, 2.24) is 4.72 Å². The minimum atomic E-state index is -3.45. The molecule has 1 saturated heterocycles. The van der Waals surface area contributed by atoms with Crippen LogP contribution in [0.25, 0.3) is 0 Å². The van der Waals surface area contributed by atoms with Crippen LogP contribution in [0.15, 0.2) is 0 Å². The lowest BCUT2D eigenvalue weighted by molar-refractivity contribution is -0.136. The molecule has 76 valence electrons. The molecule has 2 N–H and O–H groups in total. The van der Waals surface area contributed by atoms with Gasteiger partial charge in [0.1, 0.15) is 0 Å². The first-order valence-electron chi connectivity index (χ1n) is 3.79. The van der Waals surface area contributed by atoms with Crippen molar-refractivity contribution in [3.8, 4) is 0 Å². The molecule has 0 spiro atoms. The van der Waals surface area contributed by atoms with Crippen LogP contribution in [0.3, 0.4) is 0 Å². The molecule has 1 heterocycles. The SMILES string of the molecule is O=C(O)CCS(=O)(=O)NC1COC1. The Morgan fingerprint density at radius 2 is 2.15 bits per heavy atom. The third kappa shape index (κ3) is 3.71. The van der Waals surface area contributed by atoms with Gasteiger partial charge in [-0.2, -0.15) is 0 Å². The van der Waals surface area contributed by atoms with Gasteiger partial charge in [0.15, 0.2) is 0 Å². The minimum Gasteiger partial charge on any atom is -0.481 e. The molecule has 7 heteroatoms. The third-order valence-corrected chi connectivity index (χ3v) is 3.00. The fourth-order valence-electron chi connectivity index (χ4n) is 0.838. The van der Waals surface area contributed by atoms with Gasteiger partial charge in [0.25, 0.3) is 0 Å². The van der Waals surface area contributed by atoms with E-state index in [0.717, 1.165) is 0 Å². The summed E-state index contributed by atoms with van der Waals surface area (Å²) in [7, 11) is -3.45. The summed E-state index contributed by atoms with van der Waals surface area (Å²) in [6, 6.07) is -0.182. The topological polar surface area (TPSA) is 92.7 Å². The predicted octanol–water partition coefficient (Wildman–Crippen LogP) is -1.22. The van der Waals surface area contributed by atoms with Crippen LogP contribution in [-0.2, 0) is 19.6 Å². The summed E-state index contributed by atoms with van der Waals surface area (Å²) < 4.78 is 29.3. The molecule has 0 unspecified atom stereocenters. The molecule has 1 aliphatic rings. The zero-order valence-electron chi connectivity index (χ0n) is 6.89. The van der Waals surface area contributed by atoms with E-state index in [4.69, 9.17) is 9.84 Å². The second-order valence-corrected chi connectivity index (χ2v) is 4.69. The molecule has 0 aliphatic carbocycles. The molecule has 0 amide bonds. The second-order valence-electron chi connectivity index (χ2n) is 2.81. The first-order chi connectivity index (χ1) is 5.99. The summed E-state index contributed by atoms with van der Waals surface area (Å²) in [6.07, 6.45) is -0.372. The highest BCUT2D eigenvalue weighted by atomic mass is 32.2. The third-order valence-electron chi connectivity index (χ3n) is 1.57. The Bertz CT molecular complexity index is 281. The van der Waals surface area contributed by atoms with Gasteiger partial charge < -0.3 is 9.84 Å². The van der Waals surface area contributed by atoms with E-state index in [9.17, 15) is 13.2 Å². The van der Waals surface area contributed by atoms with Crippen LogP contribution in [0.2, 0.25) is 0 Å². The number of hydrogen-bond donors (Lipinski definition) is 2. The Morgan fingerprint density at radius 1 is 1.54 bits per heavy atom. The molecule has 1 rings (SSSR count). The fraction of sp³-hybridized carbons (Fsp3) is 0.833. The van der Waals surface area contributed by atoms with E-state index in [1.165, 1.54) is 0 Å². The molecule has 0 atom stereocenters. The fourth-order valence-corrected chi connectivity index (χ4v) is 2.04. The van der Waals surface area contributed by atoms with E-state index in [1.807, 2.05) is 0 Å². The summed E-state index contributed by atoms with van der Waals surface area (Å²) >= 11 is 0. The van der Waals surface area contributed by atoms with E-state index in [1.54, 1.807) is 0 Å². The molecule has 0 bridgehead atoms. The van der Waals surface area contributed by atoms with Crippen molar-refractivity contribution in [3.05, 3.63) is 0 Å². The van der Waals surface area contributed by atoms with Crippen LogP contribution in [-0.4, -0.2) is 44.5 Å². The van der Waals surface area contributed by atoms with E-state index in [2.05, 4.69) is 4.72 Å². The molecule has 0 radical (unpaired) electrons. The summed E-state index contributed by atoms with van der Waals surface area (Å²) in [4.78, 5) is 10.1. The monoisotopic (exact) mass is 209 g/mol. The van der Waals surface area contributed by atoms with Crippen molar-refractivity contribution in [3.63, 3.8) is 0 Å². The Morgan fingerprint density at radius 3 is 2.54 bits per heavy atom. The van der Waals surface area contributed by atoms with E-state index in [0.29, 0.717) is 13.2 Å². The van der Waals surface area contributed by atoms with Crippen molar-refractivity contribution >= 4 is 16.0 Å². The number of carboxylic acids is 1. The van der Waals surface area contributed by atoms with Gasteiger partial charge in [0.05, 0.1) is 31.4 Å². The number of carboxylic acid groups (broad SMARTS) is 1. The van der Waals surface area contributed by atoms with Gasteiger partial charge in [-0.3, -0.25) is 4.79 Å². The predicted molar refractivity (Wildman–Crippen MR) is 43.8 cm³/mol. The minimum absolute atomic E-state index is 0.182. The molecule has 13 heavy (non-hydrogen) atoms. The number of hydrogen-bond acceptors (Lipinski definition) is 4. The molecule has 6 nitrogen and oxygen atoms in total. The van der Waals surface area contributed by atoms with Gasteiger partial charge in [0, 0.05) is 0 Å². The number of aliphatic carboxylic acids is 1. The number of rotatable bonds is 5. The van der Waals surface area contributed by atoms with Gasteiger partial charge >= 0.3 is 5.97 Å². The average Bonchev–Trinajstić information content (AvgIpc) is 1.94. The van der Waals surface area contributed by atoms with E-state index >= 15 is 0 Å². The van der Waals surface area contributed by atoms with Gasteiger partial charge in [-0.1, -0.05) is 0 Å². The lowest BCUT2D eigenvalue weighted by Gasteiger charge is -2.26. The van der Waals surface area contributed by atoms with Crippen LogP contribution in [0.4, 0.5) is 0 Å². The maximum absolute atomic E-state index is 11.1. The van der Waals surface area contributed by atoms with Crippen LogP contribution >= 0.6 is 0 Å². The molecule has 0 saturated carbocycles.